The highest BCUT2D eigenvalue weighted by atomic mass is 16.5. The van der Waals surface area contributed by atoms with E-state index in [0.717, 1.165) is 0 Å². The zero-order chi connectivity index (χ0) is 12.8. The van der Waals surface area contributed by atoms with Crippen LogP contribution < -0.4 is 0 Å². The lowest BCUT2D eigenvalue weighted by atomic mass is 10.0. The smallest absolute Gasteiger partial charge is 0.313 e. The first-order valence-corrected chi connectivity index (χ1v) is 5.28. The van der Waals surface area contributed by atoms with Crippen molar-refractivity contribution in [1.82, 2.24) is 0 Å². The summed E-state index contributed by atoms with van der Waals surface area (Å²) in [5.74, 6) is -0.813. The summed E-state index contributed by atoms with van der Waals surface area (Å²) in [6, 6.07) is 6.74. The van der Waals surface area contributed by atoms with Gasteiger partial charge < -0.3 is 4.74 Å². The topological polar surface area (TPSA) is 67.2 Å². The molecule has 88 valence electrons. The van der Waals surface area contributed by atoms with Crippen LogP contribution in [0.1, 0.15) is 34.8 Å². The second-order valence-electron chi connectivity index (χ2n) is 3.55. The molecule has 0 aliphatic carbocycles. The average molecular weight is 231 g/mol. The van der Waals surface area contributed by atoms with Crippen molar-refractivity contribution in [2.45, 2.75) is 20.3 Å². The third kappa shape index (κ3) is 3.42. The molecular formula is C13H13NO3. The molecule has 0 saturated carbocycles. The molecule has 0 aliphatic rings. The molecule has 0 heterocycles. The summed E-state index contributed by atoms with van der Waals surface area (Å²) in [5.41, 5.74) is 1.64. The highest BCUT2D eigenvalue weighted by Gasteiger charge is 2.14. The van der Waals surface area contributed by atoms with Gasteiger partial charge in [0.05, 0.1) is 18.2 Å². The molecule has 0 unspecified atom stereocenters. The van der Waals surface area contributed by atoms with Crippen LogP contribution in [0.5, 0.6) is 0 Å². The number of ether oxygens (including phenoxy) is 1. The van der Waals surface area contributed by atoms with E-state index in [9.17, 15) is 9.59 Å². The number of nitrogens with zero attached hydrogens (tertiary/aromatic N) is 1. The first-order valence-electron chi connectivity index (χ1n) is 5.28. The molecule has 0 saturated heterocycles. The number of hydrogen-bond acceptors (Lipinski definition) is 4. The summed E-state index contributed by atoms with van der Waals surface area (Å²) in [4.78, 5) is 22.9. The Hall–Kier alpha value is -2.15. The molecule has 0 aromatic heterocycles. The lowest BCUT2D eigenvalue weighted by Gasteiger charge is -2.05. The van der Waals surface area contributed by atoms with Crippen LogP contribution in [-0.4, -0.2) is 18.4 Å². The largest absolute Gasteiger partial charge is 0.466 e. The Bertz CT molecular complexity index is 486. The van der Waals surface area contributed by atoms with Crippen LogP contribution in [0, 0.1) is 18.3 Å². The monoisotopic (exact) mass is 231 g/mol. The van der Waals surface area contributed by atoms with Crippen molar-refractivity contribution >= 4 is 11.8 Å². The fourth-order valence-corrected chi connectivity index (χ4v) is 1.48. The Kier molecular flexibility index (Phi) is 4.41. The van der Waals surface area contributed by atoms with Crippen molar-refractivity contribution in [3.63, 3.8) is 0 Å². The summed E-state index contributed by atoms with van der Waals surface area (Å²) in [6.45, 7) is 3.69. The van der Waals surface area contributed by atoms with Gasteiger partial charge in [0.1, 0.15) is 6.42 Å². The van der Waals surface area contributed by atoms with Crippen molar-refractivity contribution in [2.75, 3.05) is 6.61 Å². The number of nitriles is 1. The van der Waals surface area contributed by atoms with Gasteiger partial charge in [-0.2, -0.15) is 5.26 Å². The van der Waals surface area contributed by atoms with E-state index in [4.69, 9.17) is 10.00 Å². The van der Waals surface area contributed by atoms with Gasteiger partial charge in [-0.3, -0.25) is 9.59 Å². The number of esters is 1. The number of aryl methyl sites for hydroxylation is 1. The predicted molar refractivity (Wildman–Crippen MR) is 61.5 cm³/mol. The molecule has 1 aromatic carbocycles. The highest BCUT2D eigenvalue weighted by molar-refractivity contribution is 6.06. The second-order valence-corrected chi connectivity index (χ2v) is 3.55. The Morgan fingerprint density at radius 3 is 2.65 bits per heavy atom. The fraction of sp³-hybridized carbons (Fsp3) is 0.308. The van der Waals surface area contributed by atoms with Gasteiger partial charge in [0.25, 0.3) is 0 Å². The van der Waals surface area contributed by atoms with Crippen molar-refractivity contribution < 1.29 is 14.3 Å². The maximum atomic E-state index is 11.8. The molecule has 0 atom stereocenters. The molecular weight excluding hydrogens is 218 g/mol. The van der Waals surface area contributed by atoms with Gasteiger partial charge >= 0.3 is 5.97 Å². The van der Waals surface area contributed by atoms with Gasteiger partial charge in [0, 0.05) is 5.56 Å². The zero-order valence-electron chi connectivity index (χ0n) is 9.82. The van der Waals surface area contributed by atoms with E-state index in [1.807, 2.05) is 6.07 Å². The summed E-state index contributed by atoms with van der Waals surface area (Å²) < 4.78 is 4.71. The molecule has 4 heteroatoms. The molecule has 0 amide bonds. The molecule has 0 spiro atoms. The predicted octanol–water partition coefficient (Wildman–Crippen LogP) is 2.00. The number of hydrogen-bond donors (Lipinski definition) is 0. The SMILES string of the molecule is CCOC(=O)CC(=O)c1ccc(C#N)cc1C. The summed E-state index contributed by atoms with van der Waals surface area (Å²) in [6.07, 6.45) is -0.263. The van der Waals surface area contributed by atoms with Crippen LogP contribution in [0.15, 0.2) is 18.2 Å². The van der Waals surface area contributed by atoms with Crippen LogP contribution in [0.25, 0.3) is 0 Å². The van der Waals surface area contributed by atoms with Crippen molar-refractivity contribution in [2.24, 2.45) is 0 Å². The summed E-state index contributed by atoms with van der Waals surface area (Å²) >= 11 is 0. The number of rotatable bonds is 4. The first-order chi connectivity index (χ1) is 8.08. The molecule has 0 aliphatic heterocycles. The van der Waals surface area contributed by atoms with E-state index < -0.39 is 5.97 Å². The van der Waals surface area contributed by atoms with Gasteiger partial charge in [0.2, 0.25) is 0 Å². The quantitative estimate of drug-likeness (QED) is 0.451. The number of carbonyl (C=O) groups is 2. The van der Waals surface area contributed by atoms with Gasteiger partial charge in [-0.15, -0.1) is 0 Å². The lowest BCUT2D eigenvalue weighted by molar-refractivity contribution is -0.141. The number of Topliss-reactive ketones (excluding diaryl/α,β-unsaturated/α-hetero) is 1. The van der Waals surface area contributed by atoms with E-state index >= 15 is 0 Å². The molecule has 17 heavy (non-hydrogen) atoms. The molecule has 0 radical (unpaired) electrons. The fourth-order valence-electron chi connectivity index (χ4n) is 1.48. The van der Waals surface area contributed by atoms with Crippen LogP contribution in [0.4, 0.5) is 0 Å². The molecule has 1 rings (SSSR count). The summed E-state index contributed by atoms with van der Waals surface area (Å²) in [5, 5.41) is 8.70. The van der Waals surface area contributed by atoms with Crippen LogP contribution >= 0.6 is 0 Å². The van der Waals surface area contributed by atoms with Gasteiger partial charge in [-0.05, 0) is 37.6 Å². The van der Waals surface area contributed by atoms with E-state index in [1.54, 1.807) is 32.0 Å². The minimum atomic E-state index is -0.527. The van der Waals surface area contributed by atoms with Gasteiger partial charge in [-0.1, -0.05) is 0 Å². The maximum Gasteiger partial charge on any atom is 0.313 e. The minimum Gasteiger partial charge on any atom is -0.466 e. The van der Waals surface area contributed by atoms with Crippen LogP contribution in [-0.2, 0) is 9.53 Å². The normalized spacial score (nSPS) is 9.47. The number of ketones is 1. The summed E-state index contributed by atoms with van der Waals surface area (Å²) in [7, 11) is 0. The third-order valence-corrected chi connectivity index (χ3v) is 2.27. The third-order valence-electron chi connectivity index (χ3n) is 2.27. The minimum absolute atomic E-state index is 0.262. The van der Waals surface area contributed by atoms with Crippen molar-refractivity contribution in [3.8, 4) is 6.07 Å². The number of benzene rings is 1. The molecule has 0 bridgehead atoms. The van der Waals surface area contributed by atoms with Crippen molar-refractivity contribution in [3.05, 3.63) is 34.9 Å². The standard InChI is InChI=1S/C13H13NO3/c1-3-17-13(16)7-12(15)11-5-4-10(8-14)6-9(11)2/h4-6H,3,7H2,1-2H3. The molecule has 1 aromatic rings. The average Bonchev–Trinajstić information content (AvgIpc) is 2.28. The van der Waals surface area contributed by atoms with E-state index in [-0.39, 0.29) is 18.8 Å². The first kappa shape index (κ1) is 12.9. The molecule has 0 N–H and O–H groups in total. The Morgan fingerprint density at radius 1 is 1.41 bits per heavy atom. The Morgan fingerprint density at radius 2 is 2.12 bits per heavy atom. The van der Waals surface area contributed by atoms with Gasteiger partial charge in [0.15, 0.2) is 5.78 Å². The zero-order valence-corrected chi connectivity index (χ0v) is 9.82. The molecule has 0 fully saturated rings. The maximum absolute atomic E-state index is 11.8. The lowest BCUT2D eigenvalue weighted by Crippen LogP contribution is -2.12. The van der Waals surface area contributed by atoms with Crippen molar-refractivity contribution in [1.29, 1.82) is 5.26 Å². The van der Waals surface area contributed by atoms with Gasteiger partial charge in [-0.25, -0.2) is 0 Å². The Labute approximate surface area is 99.8 Å². The number of carbonyl (C=O) groups excluding carboxylic acids is 2. The van der Waals surface area contributed by atoms with E-state index in [2.05, 4.69) is 0 Å². The van der Waals surface area contributed by atoms with Crippen LogP contribution in [0.3, 0.4) is 0 Å². The van der Waals surface area contributed by atoms with E-state index in [1.165, 1.54) is 0 Å². The Balaban J connectivity index is 2.83. The molecule has 4 nitrogen and oxygen atoms in total. The van der Waals surface area contributed by atoms with E-state index in [0.29, 0.717) is 16.7 Å². The van der Waals surface area contributed by atoms with Crippen LogP contribution in [0.2, 0.25) is 0 Å². The second kappa shape index (κ2) is 5.80. The highest BCUT2D eigenvalue weighted by Crippen LogP contribution is 2.13.